The summed E-state index contributed by atoms with van der Waals surface area (Å²) >= 11 is 0. The summed E-state index contributed by atoms with van der Waals surface area (Å²) in [5.41, 5.74) is 3.47. The van der Waals surface area contributed by atoms with Crippen LogP contribution in [0.25, 0.3) is 0 Å². The number of aliphatic imine (C=N–C) groups is 1. The largest absolute Gasteiger partial charge is 0.496 e. The summed E-state index contributed by atoms with van der Waals surface area (Å²) in [6, 6.07) is 16.3. The molecule has 0 saturated carbocycles. The van der Waals surface area contributed by atoms with Gasteiger partial charge in [-0.3, -0.25) is 4.99 Å². The van der Waals surface area contributed by atoms with Crippen molar-refractivity contribution in [1.82, 2.24) is 10.6 Å². The Bertz CT molecular complexity index is 702. The van der Waals surface area contributed by atoms with Gasteiger partial charge < -0.3 is 20.5 Å². The van der Waals surface area contributed by atoms with Crippen molar-refractivity contribution >= 4 is 5.96 Å². The van der Waals surface area contributed by atoms with Gasteiger partial charge in [0, 0.05) is 26.1 Å². The minimum Gasteiger partial charge on any atom is -0.496 e. The highest BCUT2D eigenvalue weighted by Crippen LogP contribution is 2.19. The number of aliphatic hydroxyl groups excluding tert-OH is 1. The lowest BCUT2D eigenvalue weighted by Crippen LogP contribution is -2.40. The molecule has 2 rings (SSSR count). The van der Waals surface area contributed by atoms with Gasteiger partial charge in [0.25, 0.3) is 0 Å². The van der Waals surface area contributed by atoms with E-state index in [1.54, 1.807) is 14.2 Å². The third kappa shape index (κ3) is 5.77. The van der Waals surface area contributed by atoms with E-state index in [0.717, 1.165) is 35.8 Å². The molecule has 0 aliphatic rings. The van der Waals surface area contributed by atoms with E-state index in [9.17, 15) is 5.11 Å². The molecule has 5 nitrogen and oxygen atoms in total. The monoisotopic (exact) mass is 355 g/mol. The summed E-state index contributed by atoms with van der Waals surface area (Å²) in [7, 11) is 3.45. The molecule has 2 aromatic rings. The van der Waals surface area contributed by atoms with Crippen molar-refractivity contribution in [3.05, 3.63) is 65.2 Å². The average Bonchev–Trinajstić information content (AvgIpc) is 2.69. The van der Waals surface area contributed by atoms with E-state index >= 15 is 0 Å². The highest BCUT2D eigenvalue weighted by atomic mass is 16.5. The fraction of sp³-hybridized carbons (Fsp3) is 0.381. The van der Waals surface area contributed by atoms with Gasteiger partial charge in [-0.2, -0.15) is 0 Å². The number of aryl methyl sites for hydroxylation is 1. The lowest BCUT2D eigenvalue weighted by atomic mass is 10.0. The van der Waals surface area contributed by atoms with Gasteiger partial charge in [-0.25, -0.2) is 0 Å². The van der Waals surface area contributed by atoms with Crippen LogP contribution >= 0.6 is 0 Å². The fourth-order valence-corrected chi connectivity index (χ4v) is 2.80. The molecular formula is C21H29N3O2. The Hall–Kier alpha value is -2.53. The van der Waals surface area contributed by atoms with Crippen molar-refractivity contribution in [2.24, 2.45) is 4.99 Å². The molecular weight excluding hydrogens is 326 g/mol. The Balaban J connectivity index is 1.82. The first kappa shape index (κ1) is 19.8. The van der Waals surface area contributed by atoms with E-state index in [1.165, 1.54) is 5.56 Å². The molecule has 3 N–H and O–H groups in total. The van der Waals surface area contributed by atoms with Gasteiger partial charge in [-0.05, 0) is 36.1 Å². The topological polar surface area (TPSA) is 65.9 Å². The molecule has 0 aromatic heterocycles. The Labute approximate surface area is 156 Å². The number of aliphatic hydroxyl groups is 1. The fourth-order valence-electron chi connectivity index (χ4n) is 2.80. The summed E-state index contributed by atoms with van der Waals surface area (Å²) in [5, 5.41) is 16.3. The molecule has 0 bridgehead atoms. The molecule has 1 atom stereocenters. The third-order valence-corrected chi connectivity index (χ3v) is 4.41. The van der Waals surface area contributed by atoms with Crippen molar-refractivity contribution in [1.29, 1.82) is 0 Å². The van der Waals surface area contributed by atoms with E-state index < -0.39 is 0 Å². The summed E-state index contributed by atoms with van der Waals surface area (Å²) < 4.78 is 5.37. The van der Waals surface area contributed by atoms with Crippen LogP contribution in [0.1, 0.15) is 22.6 Å². The Kier molecular flexibility index (Phi) is 7.96. The number of hydrogen-bond donors (Lipinski definition) is 3. The number of hydrogen-bond acceptors (Lipinski definition) is 3. The van der Waals surface area contributed by atoms with E-state index in [2.05, 4.69) is 33.8 Å². The zero-order valence-electron chi connectivity index (χ0n) is 15.8. The Morgan fingerprint density at radius 1 is 1.15 bits per heavy atom. The number of nitrogens with one attached hydrogen (secondary N) is 2. The predicted molar refractivity (Wildman–Crippen MR) is 107 cm³/mol. The lowest BCUT2D eigenvalue weighted by molar-refractivity contribution is 0.265. The van der Waals surface area contributed by atoms with E-state index in [-0.39, 0.29) is 12.5 Å². The summed E-state index contributed by atoms with van der Waals surface area (Å²) in [6.45, 7) is 3.52. The predicted octanol–water partition coefficient (Wildman–Crippen LogP) is 2.49. The van der Waals surface area contributed by atoms with Crippen LogP contribution in [0.3, 0.4) is 0 Å². The molecule has 26 heavy (non-hydrogen) atoms. The molecule has 0 spiro atoms. The molecule has 5 heteroatoms. The van der Waals surface area contributed by atoms with Crippen molar-refractivity contribution in [2.45, 2.75) is 19.3 Å². The van der Waals surface area contributed by atoms with E-state index in [0.29, 0.717) is 6.54 Å². The van der Waals surface area contributed by atoms with Gasteiger partial charge in [0.15, 0.2) is 5.96 Å². The molecule has 0 amide bonds. The molecule has 0 aliphatic carbocycles. The van der Waals surface area contributed by atoms with Crippen molar-refractivity contribution in [3.63, 3.8) is 0 Å². The zero-order chi connectivity index (χ0) is 18.8. The molecule has 0 saturated heterocycles. The minimum atomic E-state index is 0.0381. The van der Waals surface area contributed by atoms with Gasteiger partial charge in [0.1, 0.15) is 5.75 Å². The maximum absolute atomic E-state index is 9.65. The summed E-state index contributed by atoms with van der Waals surface area (Å²) in [4.78, 5) is 4.26. The quantitative estimate of drug-likeness (QED) is 0.503. The first-order chi connectivity index (χ1) is 12.7. The number of rotatable bonds is 8. The number of benzene rings is 2. The first-order valence-corrected chi connectivity index (χ1v) is 8.91. The van der Waals surface area contributed by atoms with Crippen molar-refractivity contribution in [2.75, 3.05) is 33.9 Å². The second kappa shape index (κ2) is 10.5. The number of ether oxygens (including phenoxy) is 1. The first-order valence-electron chi connectivity index (χ1n) is 8.91. The maximum atomic E-state index is 9.65. The normalized spacial score (nSPS) is 12.5. The lowest BCUT2D eigenvalue weighted by Gasteiger charge is -2.18. The number of guanidine groups is 1. The minimum absolute atomic E-state index is 0.0381. The number of methoxy groups -OCH3 is 1. The standard InChI is InChI=1S/C21H29N3O2/c1-16-9-10-17(13-20(16)26-3)11-12-23-21(22-2)24-14-19(15-25)18-7-5-4-6-8-18/h4-10,13,19,25H,11-12,14-15H2,1-3H3,(H2,22,23,24). The third-order valence-electron chi connectivity index (χ3n) is 4.41. The Morgan fingerprint density at radius 3 is 2.58 bits per heavy atom. The molecule has 0 radical (unpaired) electrons. The van der Waals surface area contributed by atoms with Gasteiger partial charge in [0.05, 0.1) is 13.7 Å². The molecule has 0 heterocycles. The van der Waals surface area contributed by atoms with Crippen LogP contribution in [0.5, 0.6) is 5.75 Å². The maximum Gasteiger partial charge on any atom is 0.191 e. The van der Waals surface area contributed by atoms with Crippen LogP contribution in [-0.2, 0) is 6.42 Å². The molecule has 0 aliphatic heterocycles. The molecule has 140 valence electrons. The van der Waals surface area contributed by atoms with Crippen LogP contribution in [-0.4, -0.2) is 44.9 Å². The highest BCUT2D eigenvalue weighted by molar-refractivity contribution is 5.79. The molecule has 1 unspecified atom stereocenters. The van der Waals surface area contributed by atoms with Crippen LogP contribution in [0.4, 0.5) is 0 Å². The van der Waals surface area contributed by atoms with Gasteiger partial charge >= 0.3 is 0 Å². The molecule has 0 fully saturated rings. The van der Waals surface area contributed by atoms with E-state index in [1.807, 2.05) is 37.3 Å². The summed E-state index contributed by atoms with van der Waals surface area (Å²) in [5.74, 6) is 1.69. The SMILES string of the molecule is CN=C(NCCc1ccc(C)c(OC)c1)NCC(CO)c1ccccc1. The van der Waals surface area contributed by atoms with Gasteiger partial charge in [-0.1, -0.05) is 42.5 Å². The smallest absolute Gasteiger partial charge is 0.191 e. The van der Waals surface area contributed by atoms with Crippen molar-refractivity contribution < 1.29 is 9.84 Å². The second-order valence-corrected chi connectivity index (χ2v) is 6.22. The number of nitrogens with zero attached hydrogens (tertiary/aromatic N) is 1. The second-order valence-electron chi connectivity index (χ2n) is 6.22. The van der Waals surface area contributed by atoms with Gasteiger partial charge in [-0.15, -0.1) is 0 Å². The highest BCUT2D eigenvalue weighted by Gasteiger charge is 2.10. The van der Waals surface area contributed by atoms with Crippen molar-refractivity contribution in [3.8, 4) is 5.75 Å². The van der Waals surface area contributed by atoms with E-state index in [4.69, 9.17) is 4.74 Å². The van der Waals surface area contributed by atoms with Crippen LogP contribution in [0.15, 0.2) is 53.5 Å². The van der Waals surface area contributed by atoms with Crippen LogP contribution < -0.4 is 15.4 Å². The molecule has 2 aromatic carbocycles. The average molecular weight is 355 g/mol. The summed E-state index contributed by atoms with van der Waals surface area (Å²) in [6.07, 6.45) is 0.874. The van der Waals surface area contributed by atoms with Gasteiger partial charge in [0.2, 0.25) is 0 Å². The van der Waals surface area contributed by atoms with Crippen LogP contribution in [0.2, 0.25) is 0 Å². The van der Waals surface area contributed by atoms with Crippen LogP contribution in [0, 0.1) is 6.92 Å². The Morgan fingerprint density at radius 2 is 1.92 bits per heavy atom. The zero-order valence-corrected chi connectivity index (χ0v) is 15.8.